The molecule has 1 rings (SSSR count). The summed E-state index contributed by atoms with van der Waals surface area (Å²) in [5, 5.41) is 10.8. The van der Waals surface area contributed by atoms with Gasteiger partial charge in [0.25, 0.3) is 5.69 Å². The molecule has 0 aliphatic rings. The van der Waals surface area contributed by atoms with Gasteiger partial charge in [-0.2, -0.15) is 0 Å². The Bertz CT molecular complexity index is 464. The van der Waals surface area contributed by atoms with E-state index in [9.17, 15) is 19.3 Å². The Kier molecular flexibility index (Phi) is 4.56. The molecule has 0 aliphatic heterocycles. The molecule has 1 aromatic rings. The topological polar surface area (TPSA) is 69.4 Å². The number of nitro groups is 1. The lowest BCUT2D eigenvalue weighted by Gasteiger charge is -2.08. The van der Waals surface area contributed by atoms with Crippen molar-refractivity contribution in [2.24, 2.45) is 0 Å². The Morgan fingerprint density at radius 1 is 1.53 bits per heavy atom. The number of methoxy groups -OCH3 is 1. The number of alkyl halides is 1. The average molecular weight is 306 g/mol. The van der Waals surface area contributed by atoms with Crippen molar-refractivity contribution in [1.82, 2.24) is 0 Å². The van der Waals surface area contributed by atoms with Gasteiger partial charge in [-0.3, -0.25) is 14.9 Å². The standard InChI is InChI=1S/C10H9BrFNO4/c1-17-10(14)4-6-7(5-11)9(13(15)16)3-2-8(6)12/h2-3H,4-5H2,1H3. The molecule has 92 valence electrons. The maximum Gasteiger partial charge on any atom is 0.310 e. The molecule has 0 radical (unpaired) electrons. The number of hydrogen-bond acceptors (Lipinski definition) is 4. The van der Waals surface area contributed by atoms with E-state index in [4.69, 9.17) is 0 Å². The van der Waals surface area contributed by atoms with Crippen LogP contribution in [0, 0.1) is 15.9 Å². The van der Waals surface area contributed by atoms with Gasteiger partial charge in [-0.1, -0.05) is 15.9 Å². The van der Waals surface area contributed by atoms with Crippen LogP contribution in [0.15, 0.2) is 12.1 Å². The van der Waals surface area contributed by atoms with Crippen molar-refractivity contribution >= 4 is 27.6 Å². The maximum atomic E-state index is 13.5. The van der Waals surface area contributed by atoms with Crippen LogP contribution >= 0.6 is 15.9 Å². The molecule has 0 saturated heterocycles. The first-order valence-corrected chi connectivity index (χ1v) is 5.70. The van der Waals surface area contributed by atoms with Crippen LogP contribution in [0.1, 0.15) is 11.1 Å². The summed E-state index contributed by atoms with van der Waals surface area (Å²) >= 11 is 3.05. The molecule has 0 atom stereocenters. The third kappa shape index (κ3) is 3.00. The van der Waals surface area contributed by atoms with Crippen LogP contribution in [0.25, 0.3) is 0 Å². The number of carbonyl (C=O) groups excluding carboxylic acids is 1. The van der Waals surface area contributed by atoms with Crippen LogP contribution in [0.5, 0.6) is 0 Å². The molecule has 0 saturated carbocycles. The number of halogens is 2. The van der Waals surface area contributed by atoms with Crippen LogP contribution in [0.3, 0.4) is 0 Å². The molecule has 0 spiro atoms. The Morgan fingerprint density at radius 3 is 2.65 bits per heavy atom. The number of hydrogen-bond donors (Lipinski definition) is 0. The summed E-state index contributed by atoms with van der Waals surface area (Å²) in [6.07, 6.45) is -0.328. The lowest BCUT2D eigenvalue weighted by molar-refractivity contribution is -0.385. The van der Waals surface area contributed by atoms with Crippen molar-refractivity contribution in [2.75, 3.05) is 7.11 Å². The zero-order valence-electron chi connectivity index (χ0n) is 8.91. The van der Waals surface area contributed by atoms with Crippen LogP contribution in [-0.2, 0) is 21.3 Å². The van der Waals surface area contributed by atoms with Gasteiger partial charge in [0.15, 0.2) is 0 Å². The normalized spacial score (nSPS) is 10.1. The van der Waals surface area contributed by atoms with E-state index in [1.807, 2.05) is 0 Å². The number of nitro benzene ring substituents is 1. The van der Waals surface area contributed by atoms with Crippen molar-refractivity contribution in [3.05, 3.63) is 39.2 Å². The minimum Gasteiger partial charge on any atom is -0.469 e. The first-order chi connectivity index (χ1) is 8.01. The summed E-state index contributed by atoms with van der Waals surface area (Å²) in [6, 6.07) is 2.05. The van der Waals surface area contributed by atoms with Crippen molar-refractivity contribution in [1.29, 1.82) is 0 Å². The van der Waals surface area contributed by atoms with Crippen molar-refractivity contribution in [2.45, 2.75) is 11.8 Å². The second kappa shape index (κ2) is 5.72. The van der Waals surface area contributed by atoms with E-state index in [0.717, 1.165) is 12.1 Å². The fraction of sp³-hybridized carbons (Fsp3) is 0.300. The molecule has 7 heteroatoms. The third-order valence-corrected chi connectivity index (χ3v) is 2.79. The molecule has 0 aromatic heterocycles. The van der Waals surface area contributed by atoms with Crippen LogP contribution in [-0.4, -0.2) is 18.0 Å². The van der Waals surface area contributed by atoms with Crippen LogP contribution in [0.4, 0.5) is 10.1 Å². The zero-order chi connectivity index (χ0) is 13.0. The highest BCUT2D eigenvalue weighted by molar-refractivity contribution is 9.08. The van der Waals surface area contributed by atoms with Gasteiger partial charge in [0.05, 0.1) is 18.5 Å². The first kappa shape index (κ1) is 13.6. The van der Waals surface area contributed by atoms with E-state index < -0.39 is 16.7 Å². The van der Waals surface area contributed by atoms with Crippen molar-refractivity contribution < 1.29 is 18.8 Å². The van der Waals surface area contributed by atoms with Crippen molar-refractivity contribution in [3.8, 4) is 0 Å². The van der Waals surface area contributed by atoms with E-state index in [0.29, 0.717) is 0 Å². The molecule has 0 bridgehead atoms. The number of rotatable bonds is 4. The number of carbonyl (C=O) groups is 1. The Hall–Kier alpha value is -1.50. The predicted molar refractivity (Wildman–Crippen MR) is 61.4 cm³/mol. The van der Waals surface area contributed by atoms with Crippen LogP contribution in [0.2, 0.25) is 0 Å². The molecule has 0 amide bonds. The summed E-state index contributed by atoms with van der Waals surface area (Å²) in [6.45, 7) is 0. The van der Waals surface area contributed by atoms with E-state index in [1.165, 1.54) is 7.11 Å². The van der Waals surface area contributed by atoms with Gasteiger partial charge < -0.3 is 4.74 Å². The molecule has 0 fully saturated rings. The van der Waals surface area contributed by atoms with Crippen LogP contribution < -0.4 is 0 Å². The van der Waals surface area contributed by atoms with E-state index >= 15 is 0 Å². The summed E-state index contributed by atoms with van der Waals surface area (Å²) in [7, 11) is 1.17. The largest absolute Gasteiger partial charge is 0.469 e. The van der Waals surface area contributed by atoms with Gasteiger partial charge in [-0.25, -0.2) is 4.39 Å². The lowest BCUT2D eigenvalue weighted by atomic mass is 10.0. The molecule has 17 heavy (non-hydrogen) atoms. The zero-order valence-corrected chi connectivity index (χ0v) is 10.5. The van der Waals surface area contributed by atoms with E-state index in [2.05, 4.69) is 20.7 Å². The van der Waals surface area contributed by atoms with E-state index in [1.54, 1.807) is 0 Å². The Morgan fingerprint density at radius 2 is 2.18 bits per heavy atom. The highest BCUT2D eigenvalue weighted by Gasteiger charge is 2.21. The molecule has 0 unspecified atom stereocenters. The maximum absolute atomic E-state index is 13.5. The monoisotopic (exact) mass is 305 g/mol. The summed E-state index contributed by atoms with van der Waals surface area (Å²) in [4.78, 5) is 21.2. The molecule has 0 aliphatic carbocycles. The number of esters is 1. The lowest BCUT2D eigenvalue weighted by Crippen LogP contribution is -2.10. The SMILES string of the molecule is COC(=O)Cc1c(F)ccc([N+](=O)[O-])c1CBr. The molecular weight excluding hydrogens is 297 g/mol. The predicted octanol–water partition coefficient (Wildman–Crippen LogP) is 2.34. The molecule has 5 nitrogen and oxygen atoms in total. The molecular formula is C10H9BrFNO4. The van der Waals surface area contributed by atoms with Gasteiger partial charge >= 0.3 is 5.97 Å². The smallest absolute Gasteiger partial charge is 0.310 e. The number of benzene rings is 1. The number of ether oxygens (including phenoxy) is 1. The van der Waals surface area contributed by atoms with Gasteiger partial charge in [-0.15, -0.1) is 0 Å². The molecule has 1 aromatic carbocycles. The fourth-order valence-corrected chi connectivity index (χ4v) is 2.01. The first-order valence-electron chi connectivity index (χ1n) is 4.58. The third-order valence-electron chi connectivity index (χ3n) is 2.23. The van der Waals surface area contributed by atoms with Gasteiger partial charge in [0.2, 0.25) is 0 Å². The summed E-state index contributed by atoms with van der Waals surface area (Å²) in [5.41, 5.74) is -0.0782. The highest BCUT2D eigenvalue weighted by atomic mass is 79.9. The quantitative estimate of drug-likeness (QED) is 0.370. The average Bonchev–Trinajstić information content (AvgIpc) is 2.30. The minimum absolute atomic E-state index is 0.0112. The van der Waals surface area contributed by atoms with Gasteiger partial charge in [0, 0.05) is 22.5 Å². The van der Waals surface area contributed by atoms with Crippen molar-refractivity contribution in [3.63, 3.8) is 0 Å². The second-order valence-corrected chi connectivity index (χ2v) is 3.73. The Balaban J connectivity index is 3.30. The molecule has 0 N–H and O–H groups in total. The van der Waals surface area contributed by atoms with Gasteiger partial charge in [-0.05, 0) is 6.07 Å². The number of nitrogens with zero attached hydrogens (tertiary/aromatic N) is 1. The fourth-order valence-electron chi connectivity index (χ4n) is 1.38. The summed E-state index contributed by atoms with van der Waals surface area (Å²) < 4.78 is 17.9. The van der Waals surface area contributed by atoms with Gasteiger partial charge in [0.1, 0.15) is 5.82 Å². The summed E-state index contributed by atoms with van der Waals surface area (Å²) in [5.74, 6) is -1.30. The second-order valence-electron chi connectivity index (χ2n) is 3.17. The van der Waals surface area contributed by atoms with E-state index in [-0.39, 0.29) is 28.6 Å². The highest BCUT2D eigenvalue weighted by Crippen LogP contribution is 2.27. The molecule has 0 heterocycles. The Labute approximate surface area is 105 Å². The minimum atomic E-state index is -0.657.